The molecule has 4 N–H and O–H groups in total. The molecule has 5 heteroatoms. The molecular weight excluding hydrogens is 244 g/mol. The second kappa shape index (κ2) is 6.04. The lowest BCUT2D eigenvalue weighted by Gasteiger charge is -2.36. The van der Waals surface area contributed by atoms with Gasteiger partial charge in [-0.25, -0.2) is 0 Å². The van der Waals surface area contributed by atoms with Gasteiger partial charge in [0, 0.05) is 12.6 Å². The number of benzene rings is 1. The van der Waals surface area contributed by atoms with Gasteiger partial charge in [0.2, 0.25) is 5.91 Å². The average molecular weight is 264 g/mol. The third-order valence-corrected chi connectivity index (χ3v) is 3.63. The number of hydrogen-bond donors (Lipinski definition) is 3. The summed E-state index contributed by atoms with van der Waals surface area (Å²) in [7, 11) is 1.66. The normalized spacial score (nSPS) is 23.5. The lowest BCUT2D eigenvalue weighted by molar-refractivity contribution is -0.125. The summed E-state index contributed by atoms with van der Waals surface area (Å²) in [6.45, 7) is 0.227. The summed E-state index contributed by atoms with van der Waals surface area (Å²) >= 11 is 0. The molecule has 5 nitrogen and oxygen atoms in total. The molecule has 2 rings (SSSR count). The molecule has 1 aromatic rings. The van der Waals surface area contributed by atoms with Crippen LogP contribution in [0.5, 0.6) is 5.75 Å². The minimum atomic E-state index is -1.10. The van der Waals surface area contributed by atoms with E-state index in [2.05, 4.69) is 17.4 Å². The Hall–Kier alpha value is -1.59. The molecule has 1 amide bonds. The molecule has 1 fully saturated rings. The van der Waals surface area contributed by atoms with Gasteiger partial charge < -0.3 is 20.9 Å². The molecular formula is C14H20N2O3. The molecule has 0 bridgehead atoms. The number of methoxy groups -OCH3 is 1. The van der Waals surface area contributed by atoms with Crippen LogP contribution < -0.4 is 15.8 Å². The zero-order valence-corrected chi connectivity index (χ0v) is 11.0. The molecule has 0 heterocycles. The SMILES string of the molecule is COc1cccc(C2CC(NCC(O)C(N)=O)C2)c1. The van der Waals surface area contributed by atoms with Gasteiger partial charge in [-0.1, -0.05) is 12.1 Å². The Morgan fingerprint density at radius 2 is 2.32 bits per heavy atom. The molecule has 1 aliphatic rings. The van der Waals surface area contributed by atoms with Gasteiger partial charge in [-0.15, -0.1) is 0 Å². The molecule has 1 aromatic carbocycles. The van der Waals surface area contributed by atoms with Gasteiger partial charge in [0.05, 0.1) is 7.11 Å². The van der Waals surface area contributed by atoms with Crippen molar-refractivity contribution < 1.29 is 14.6 Å². The Balaban J connectivity index is 1.78. The fraction of sp³-hybridized carbons (Fsp3) is 0.500. The van der Waals surface area contributed by atoms with Gasteiger partial charge in [0.25, 0.3) is 0 Å². The fourth-order valence-corrected chi connectivity index (χ4v) is 2.33. The third-order valence-electron chi connectivity index (χ3n) is 3.63. The number of nitrogens with two attached hydrogens (primary N) is 1. The number of nitrogens with one attached hydrogen (secondary N) is 1. The number of primary amides is 1. The van der Waals surface area contributed by atoms with Crippen molar-refractivity contribution in [2.75, 3.05) is 13.7 Å². The van der Waals surface area contributed by atoms with Crippen LogP contribution in [0.15, 0.2) is 24.3 Å². The van der Waals surface area contributed by atoms with Crippen LogP contribution in [0.3, 0.4) is 0 Å². The number of amides is 1. The summed E-state index contributed by atoms with van der Waals surface area (Å²) in [6.07, 6.45) is 0.896. The van der Waals surface area contributed by atoms with Crippen LogP contribution in [0, 0.1) is 0 Å². The van der Waals surface area contributed by atoms with E-state index in [9.17, 15) is 9.90 Å². The van der Waals surface area contributed by atoms with E-state index < -0.39 is 12.0 Å². The van der Waals surface area contributed by atoms with Gasteiger partial charge >= 0.3 is 0 Å². The Morgan fingerprint density at radius 3 is 2.95 bits per heavy atom. The van der Waals surface area contributed by atoms with Crippen LogP contribution in [0.4, 0.5) is 0 Å². The van der Waals surface area contributed by atoms with E-state index in [-0.39, 0.29) is 6.54 Å². The average Bonchev–Trinajstić information content (AvgIpc) is 2.36. The first kappa shape index (κ1) is 13.8. The van der Waals surface area contributed by atoms with Crippen LogP contribution in [-0.2, 0) is 4.79 Å². The number of hydrogen-bond acceptors (Lipinski definition) is 4. The van der Waals surface area contributed by atoms with Gasteiger partial charge in [0.1, 0.15) is 11.9 Å². The predicted octanol–water partition coefficient (Wildman–Crippen LogP) is 0.377. The number of carbonyl (C=O) groups is 1. The lowest BCUT2D eigenvalue weighted by Crippen LogP contribution is -2.46. The second-order valence-corrected chi connectivity index (χ2v) is 4.97. The highest BCUT2D eigenvalue weighted by Gasteiger charge is 2.30. The van der Waals surface area contributed by atoms with Gasteiger partial charge in [-0.05, 0) is 36.5 Å². The quantitative estimate of drug-likeness (QED) is 0.693. The highest BCUT2D eigenvalue weighted by molar-refractivity contribution is 5.78. The summed E-state index contributed by atoms with van der Waals surface area (Å²) in [5.41, 5.74) is 6.26. The Labute approximate surface area is 112 Å². The summed E-state index contributed by atoms with van der Waals surface area (Å²) in [4.78, 5) is 10.7. The Bertz CT molecular complexity index is 444. The first-order valence-electron chi connectivity index (χ1n) is 6.45. The number of rotatable bonds is 6. The van der Waals surface area contributed by atoms with Crippen LogP contribution in [0.1, 0.15) is 24.3 Å². The standard InChI is InChI=1S/C14H20N2O3/c1-19-12-4-2-3-9(7-12)10-5-11(6-10)16-8-13(17)14(15)18/h2-4,7,10-11,13,16-17H,5-6,8H2,1H3,(H2,15,18). The largest absolute Gasteiger partial charge is 0.497 e. The molecule has 1 saturated carbocycles. The first-order chi connectivity index (χ1) is 9.10. The van der Waals surface area contributed by atoms with Crippen LogP contribution in [0.25, 0.3) is 0 Å². The van der Waals surface area contributed by atoms with Crippen molar-refractivity contribution in [3.05, 3.63) is 29.8 Å². The van der Waals surface area contributed by atoms with E-state index in [0.29, 0.717) is 12.0 Å². The van der Waals surface area contributed by atoms with Crippen molar-refractivity contribution in [1.29, 1.82) is 0 Å². The molecule has 1 unspecified atom stereocenters. The summed E-state index contributed by atoms with van der Waals surface area (Å²) in [5.74, 6) is 0.701. The first-order valence-corrected chi connectivity index (χ1v) is 6.45. The number of aliphatic hydroxyl groups excluding tert-OH is 1. The highest BCUT2D eigenvalue weighted by Crippen LogP contribution is 2.37. The number of carbonyl (C=O) groups excluding carboxylic acids is 1. The van der Waals surface area contributed by atoms with E-state index in [0.717, 1.165) is 18.6 Å². The molecule has 0 radical (unpaired) electrons. The number of ether oxygens (including phenoxy) is 1. The van der Waals surface area contributed by atoms with Crippen LogP contribution >= 0.6 is 0 Å². The smallest absolute Gasteiger partial charge is 0.247 e. The topological polar surface area (TPSA) is 84.6 Å². The van der Waals surface area contributed by atoms with E-state index in [4.69, 9.17) is 10.5 Å². The van der Waals surface area contributed by atoms with Crippen molar-refractivity contribution >= 4 is 5.91 Å². The number of aliphatic hydroxyl groups is 1. The van der Waals surface area contributed by atoms with Crippen molar-refractivity contribution in [3.8, 4) is 5.75 Å². The molecule has 1 aliphatic carbocycles. The maximum absolute atomic E-state index is 10.7. The van der Waals surface area contributed by atoms with E-state index in [1.54, 1.807) is 7.11 Å². The van der Waals surface area contributed by atoms with E-state index in [1.165, 1.54) is 5.56 Å². The van der Waals surface area contributed by atoms with Crippen molar-refractivity contribution in [3.63, 3.8) is 0 Å². The summed E-state index contributed by atoms with van der Waals surface area (Å²) in [6, 6.07) is 8.42. The van der Waals surface area contributed by atoms with Crippen LogP contribution in [0.2, 0.25) is 0 Å². The highest BCUT2D eigenvalue weighted by atomic mass is 16.5. The third kappa shape index (κ3) is 3.45. The summed E-state index contributed by atoms with van der Waals surface area (Å²) in [5, 5.41) is 12.4. The molecule has 0 saturated heterocycles. The maximum Gasteiger partial charge on any atom is 0.247 e. The minimum Gasteiger partial charge on any atom is -0.497 e. The molecule has 0 spiro atoms. The molecule has 19 heavy (non-hydrogen) atoms. The second-order valence-electron chi connectivity index (χ2n) is 4.97. The minimum absolute atomic E-state index is 0.227. The summed E-state index contributed by atoms with van der Waals surface area (Å²) < 4.78 is 5.21. The van der Waals surface area contributed by atoms with E-state index in [1.807, 2.05) is 12.1 Å². The van der Waals surface area contributed by atoms with Crippen molar-refractivity contribution in [2.45, 2.75) is 30.9 Å². The lowest BCUT2D eigenvalue weighted by atomic mass is 9.76. The van der Waals surface area contributed by atoms with Gasteiger partial charge in [-0.3, -0.25) is 4.79 Å². The van der Waals surface area contributed by atoms with E-state index >= 15 is 0 Å². The monoisotopic (exact) mass is 264 g/mol. The Morgan fingerprint density at radius 1 is 1.58 bits per heavy atom. The molecule has 0 aromatic heterocycles. The zero-order valence-electron chi connectivity index (χ0n) is 11.0. The van der Waals surface area contributed by atoms with Crippen molar-refractivity contribution in [2.24, 2.45) is 5.73 Å². The van der Waals surface area contributed by atoms with Gasteiger partial charge in [-0.2, -0.15) is 0 Å². The zero-order chi connectivity index (χ0) is 13.8. The van der Waals surface area contributed by atoms with Crippen molar-refractivity contribution in [1.82, 2.24) is 5.32 Å². The van der Waals surface area contributed by atoms with Gasteiger partial charge in [0.15, 0.2) is 0 Å². The molecule has 104 valence electrons. The fourth-order valence-electron chi connectivity index (χ4n) is 2.33. The predicted molar refractivity (Wildman–Crippen MR) is 72.0 cm³/mol. The maximum atomic E-state index is 10.7. The van der Waals surface area contributed by atoms with Crippen LogP contribution in [-0.4, -0.2) is 36.8 Å². The molecule has 0 aliphatic heterocycles. The molecule has 1 atom stereocenters. The Kier molecular flexibility index (Phi) is 4.39.